The molecule has 0 bridgehead atoms. The van der Waals surface area contributed by atoms with Crippen molar-refractivity contribution in [2.24, 2.45) is 0 Å². The van der Waals surface area contributed by atoms with Gasteiger partial charge in [-0.05, 0) is 61.4 Å². The Morgan fingerprint density at radius 2 is 1.93 bits per heavy atom. The first-order valence-corrected chi connectivity index (χ1v) is 10.5. The minimum absolute atomic E-state index is 0.0752. The zero-order valence-electron chi connectivity index (χ0n) is 14.9. The van der Waals surface area contributed by atoms with E-state index < -0.39 is 10.0 Å². The predicted octanol–water partition coefficient (Wildman–Crippen LogP) is 3.13. The number of amides is 1. The Balaban J connectivity index is 1.60. The van der Waals surface area contributed by atoms with Gasteiger partial charge in [0.25, 0.3) is 0 Å². The summed E-state index contributed by atoms with van der Waals surface area (Å²) in [4.78, 5) is 13.8. The fourth-order valence-electron chi connectivity index (χ4n) is 2.96. The van der Waals surface area contributed by atoms with E-state index in [0.717, 1.165) is 17.7 Å². The molecule has 0 saturated carbocycles. The van der Waals surface area contributed by atoms with Crippen LogP contribution in [0.5, 0.6) is 5.75 Å². The minimum atomic E-state index is -3.65. The lowest BCUT2D eigenvalue weighted by molar-refractivity contribution is -0.117. The van der Waals surface area contributed by atoms with Crippen molar-refractivity contribution in [2.45, 2.75) is 24.7 Å². The Morgan fingerprint density at radius 1 is 1.19 bits per heavy atom. The summed E-state index contributed by atoms with van der Waals surface area (Å²) in [6.07, 6.45) is 1.36. The third-order valence-electron chi connectivity index (χ3n) is 4.32. The van der Waals surface area contributed by atoms with Crippen LogP contribution in [0, 0.1) is 6.92 Å². The fraction of sp³-hybridized carbons (Fsp3) is 0.316. The molecular weight excluding hydrogens is 388 g/mol. The number of sulfonamides is 1. The summed E-state index contributed by atoms with van der Waals surface area (Å²) >= 11 is 5.81. The first-order chi connectivity index (χ1) is 12.9. The Bertz CT molecular complexity index is 929. The molecule has 8 heteroatoms. The number of hydrogen-bond donors (Lipinski definition) is 1. The van der Waals surface area contributed by atoms with Gasteiger partial charge in [-0.2, -0.15) is 0 Å². The standard InChI is InChI=1S/C19H21ClN2O4S/c1-14-13-17(8-9-18(14)22-11-2-3-19(22)23)27(24,25)21-10-12-26-16-6-4-15(20)5-7-16/h4-9,13,21H,2-3,10-12H2,1H3. The van der Waals surface area contributed by atoms with E-state index in [4.69, 9.17) is 16.3 Å². The zero-order valence-corrected chi connectivity index (χ0v) is 16.5. The Morgan fingerprint density at radius 3 is 2.56 bits per heavy atom. The number of carbonyl (C=O) groups is 1. The molecule has 27 heavy (non-hydrogen) atoms. The predicted molar refractivity (Wildman–Crippen MR) is 105 cm³/mol. The van der Waals surface area contributed by atoms with Crippen molar-refractivity contribution in [3.63, 3.8) is 0 Å². The SMILES string of the molecule is Cc1cc(S(=O)(=O)NCCOc2ccc(Cl)cc2)ccc1N1CCCC1=O. The molecular formula is C19H21ClN2O4S. The van der Waals surface area contributed by atoms with Gasteiger partial charge in [0.05, 0.1) is 4.90 Å². The maximum absolute atomic E-state index is 12.5. The van der Waals surface area contributed by atoms with Gasteiger partial charge in [0, 0.05) is 30.2 Å². The van der Waals surface area contributed by atoms with Crippen LogP contribution in [0.4, 0.5) is 5.69 Å². The van der Waals surface area contributed by atoms with Crippen LogP contribution in [0.15, 0.2) is 47.4 Å². The van der Waals surface area contributed by atoms with E-state index in [1.54, 1.807) is 41.3 Å². The number of benzene rings is 2. The summed E-state index contributed by atoms with van der Waals surface area (Å²) in [7, 11) is -3.65. The van der Waals surface area contributed by atoms with Gasteiger partial charge in [0.15, 0.2) is 0 Å². The molecule has 1 N–H and O–H groups in total. The molecule has 1 aliphatic rings. The smallest absolute Gasteiger partial charge is 0.240 e. The van der Waals surface area contributed by atoms with Crippen molar-refractivity contribution >= 4 is 33.2 Å². The normalized spacial score (nSPS) is 14.6. The molecule has 1 saturated heterocycles. The van der Waals surface area contributed by atoms with E-state index in [9.17, 15) is 13.2 Å². The van der Waals surface area contributed by atoms with Crippen LogP contribution in [-0.2, 0) is 14.8 Å². The van der Waals surface area contributed by atoms with E-state index in [2.05, 4.69) is 4.72 Å². The van der Waals surface area contributed by atoms with E-state index in [1.165, 1.54) is 6.07 Å². The number of nitrogens with zero attached hydrogens (tertiary/aromatic N) is 1. The summed E-state index contributed by atoms with van der Waals surface area (Å²) in [5.41, 5.74) is 1.52. The lowest BCUT2D eigenvalue weighted by atomic mass is 10.2. The second kappa shape index (κ2) is 8.29. The lowest BCUT2D eigenvalue weighted by Crippen LogP contribution is -2.29. The van der Waals surface area contributed by atoms with E-state index in [0.29, 0.717) is 23.7 Å². The molecule has 1 aliphatic heterocycles. The van der Waals surface area contributed by atoms with E-state index in [-0.39, 0.29) is 24.0 Å². The van der Waals surface area contributed by atoms with Gasteiger partial charge in [0.2, 0.25) is 15.9 Å². The first kappa shape index (κ1) is 19.7. The number of rotatable bonds is 7. The van der Waals surface area contributed by atoms with Crippen molar-refractivity contribution in [2.75, 3.05) is 24.6 Å². The highest BCUT2D eigenvalue weighted by Crippen LogP contribution is 2.27. The highest BCUT2D eigenvalue weighted by atomic mass is 35.5. The molecule has 6 nitrogen and oxygen atoms in total. The molecule has 1 amide bonds. The molecule has 0 aliphatic carbocycles. The zero-order chi connectivity index (χ0) is 19.4. The average Bonchev–Trinajstić information content (AvgIpc) is 3.06. The molecule has 2 aromatic rings. The van der Waals surface area contributed by atoms with Gasteiger partial charge in [0.1, 0.15) is 12.4 Å². The molecule has 0 spiro atoms. The summed E-state index contributed by atoms with van der Waals surface area (Å²) in [6.45, 7) is 2.81. The summed E-state index contributed by atoms with van der Waals surface area (Å²) in [5, 5.41) is 0.609. The van der Waals surface area contributed by atoms with E-state index in [1.807, 2.05) is 6.92 Å². The lowest BCUT2D eigenvalue weighted by Gasteiger charge is -2.19. The second-order valence-corrected chi connectivity index (χ2v) is 8.50. The summed E-state index contributed by atoms with van der Waals surface area (Å²) in [5.74, 6) is 0.695. The van der Waals surface area contributed by atoms with Gasteiger partial charge in [-0.15, -0.1) is 0 Å². The number of halogens is 1. The molecule has 0 atom stereocenters. The van der Waals surface area contributed by atoms with Crippen molar-refractivity contribution in [1.82, 2.24) is 4.72 Å². The minimum Gasteiger partial charge on any atom is -0.492 e. The van der Waals surface area contributed by atoms with Crippen LogP contribution in [0.2, 0.25) is 5.02 Å². The van der Waals surface area contributed by atoms with Gasteiger partial charge in [-0.25, -0.2) is 13.1 Å². The molecule has 144 valence electrons. The number of hydrogen-bond acceptors (Lipinski definition) is 4. The highest BCUT2D eigenvalue weighted by Gasteiger charge is 2.24. The molecule has 1 fully saturated rings. The first-order valence-electron chi connectivity index (χ1n) is 8.66. The van der Waals surface area contributed by atoms with Gasteiger partial charge >= 0.3 is 0 Å². The Hall–Kier alpha value is -2.09. The average molecular weight is 409 g/mol. The highest BCUT2D eigenvalue weighted by molar-refractivity contribution is 7.89. The quantitative estimate of drug-likeness (QED) is 0.714. The van der Waals surface area contributed by atoms with Crippen LogP contribution >= 0.6 is 11.6 Å². The molecule has 1 heterocycles. The Kier molecular flexibility index (Phi) is 6.04. The monoisotopic (exact) mass is 408 g/mol. The molecule has 2 aromatic carbocycles. The van der Waals surface area contributed by atoms with Crippen LogP contribution in [-0.4, -0.2) is 34.0 Å². The van der Waals surface area contributed by atoms with Gasteiger partial charge < -0.3 is 9.64 Å². The third-order valence-corrected chi connectivity index (χ3v) is 6.03. The van der Waals surface area contributed by atoms with Crippen LogP contribution < -0.4 is 14.4 Å². The summed E-state index contributed by atoms with van der Waals surface area (Å²) < 4.78 is 33.0. The molecule has 0 aromatic heterocycles. The van der Waals surface area contributed by atoms with Gasteiger partial charge in [-0.3, -0.25) is 4.79 Å². The Labute approximate surface area is 164 Å². The van der Waals surface area contributed by atoms with Gasteiger partial charge in [-0.1, -0.05) is 11.6 Å². The van der Waals surface area contributed by atoms with Crippen molar-refractivity contribution < 1.29 is 17.9 Å². The van der Waals surface area contributed by atoms with Crippen molar-refractivity contribution in [1.29, 1.82) is 0 Å². The molecule has 0 unspecified atom stereocenters. The second-order valence-electron chi connectivity index (χ2n) is 6.30. The van der Waals surface area contributed by atoms with Crippen LogP contribution in [0.25, 0.3) is 0 Å². The summed E-state index contributed by atoms with van der Waals surface area (Å²) in [6, 6.07) is 11.7. The van der Waals surface area contributed by atoms with Crippen LogP contribution in [0.1, 0.15) is 18.4 Å². The number of carbonyl (C=O) groups excluding carboxylic acids is 1. The maximum atomic E-state index is 12.5. The van der Waals surface area contributed by atoms with E-state index >= 15 is 0 Å². The number of anilines is 1. The maximum Gasteiger partial charge on any atom is 0.240 e. The largest absolute Gasteiger partial charge is 0.492 e. The van der Waals surface area contributed by atoms with Crippen molar-refractivity contribution in [3.05, 3.63) is 53.1 Å². The fourth-order valence-corrected chi connectivity index (χ4v) is 4.18. The molecule has 3 rings (SSSR count). The topological polar surface area (TPSA) is 75.7 Å². The number of ether oxygens (including phenoxy) is 1. The number of aryl methyl sites for hydroxylation is 1. The number of nitrogens with one attached hydrogen (secondary N) is 1. The third kappa shape index (κ3) is 4.80. The van der Waals surface area contributed by atoms with Crippen LogP contribution in [0.3, 0.4) is 0 Å². The molecule has 0 radical (unpaired) electrons. The van der Waals surface area contributed by atoms with Crippen molar-refractivity contribution in [3.8, 4) is 5.75 Å².